The minimum atomic E-state index is 0.884. The van der Waals surface area contributed by atoms with Crippen molar-refractivity contribution in [1.82, 2.24) is 9.97 Å². The Hall–Kier alpha value is -1.90. The number of unbranched alkanes of at least 4 members (excludes halogenated alkanes) is 1. The maximum atomic E-state index is 4.64. The van der Waals surface area contributed by atoms with Crippen LogP contribution in [0.2, 0.25) is 0 Å². The van der Waals surface area contributed by atoms with E-state index in [1.54, 1.807) is 0 Å². The zero-order valence-corrected chi connectivity index (χ0v) is 11.0. The van der Waals surface area contributed by atoms with Crippen LogP contribution in [0.5, 0.6) is 0 Å². The summed E-state index contributed by atoms with van der Waals surface area (Å²) in [6, 6.07) is 12.2. The molecule has 3 nitrogen and oxygen atoms in total. The van der Waals surface area contributed by atoms with Crippen LogP contribution in [0, 0.1) is 0 Å². The highest BCUT2D eigenvalue weighted by Crippen LogP contribution is 2.19. The highest BCUT2D eigenvalue weighted by atomic mass is 15.0. The molecule has 0 saturated carbocycles. The number of anilines is 1. The van der Waals surface area contributed by atoms with Gasteiger partial charge in [-0.1, -0.05) is 43.7 Å². The minimum Gasteiger partial charge on any atom is -0.373 e. The van der Waals surface area contributed by atoms with E-state index in [-0.39, 0.29) is 0 Å². The number of nitrogens with one attached hydrogen (secondary N) is 1. The first-order valence-electron chi connectivity index (χ1n) is 6.44. The summed E-state index contributed by atoms with van der Waals surface area (Å²) in [4.78, 5) is 9.13. The molecule has 0 aliphatic heterocycles. The third kappa shape index (κ3) is 3.06. The minimum absolute atomic E-state index is 0.884. The Kier molecular flexibility index (Phi) is 4.29. The van der Waals surface area contributed by atoms with Crippen LogP contribution >= 0.6 is 0 Å². The van der Waals surface area contributed by atoms with Crippen LogP contribution in [0.15, 0.2) is 36.4 Å². The largest absolute Gasteiger partial charge is 0.373 e. The Labute approximate surface area is 108 Å². The van der Waals surface area contributed by atoms with Gasteiger partial charge in [0.05, 0.1) is 5.69 Å². The molecule has 1 heterocycles. The van der Waals surface area contributed by atoms with E-state index in [2.05, 4.69) is 34.3 Å². The lowest BCUT2D eigenvalue weighted by Gasteiger charge is -2.07. The van der Waals surface area contributed by atoms with Crippen molar-refractivity contribution in [3.05, 3.63) is 42.2 Å². The average molecular weight is 241 g/mol. The predicted molar refractivity (Wildman–Crippen MR) is 75.6 cm³/mol. The number of rotatable bonds is 5. The quantitative estimate of drug-likeness (QED) is 0.870. The van der Waals surface area contributed by atoms with Gasteiger partial charge in [-0.05, 0) is 6.42 Å². The fourth-order valence-corrected chi connectivity index (χ4v) is 1.83. The van der Waals surface area contributed by atoms with Crippen LogP contribution in [0.1, 0.15) is 25.6 Å². The van der Waals surface area contributed by atoms with Crippen LogP contribution in [0.25, 0.3) is 11.3 Å². The SMILES string of the molecule is CCCCc1nc(NC)cc(-c2ccccc2)n1. The molecule has 0 unspecified atom stereocenters. The summed E-state index contributed by atoms with van der Waals surface area (Å²) in [6.45, 7) is 2.18. The Morgan fingerprint density at radius 2 is 1.89 bits per heavy atom. The van der Waals surface area contributed by atoms with Gasteiger partial charge in [-0.15, -0.1) is 0 Å². The molecular weight excluding hydrogens is 222 g/mol. The number of aromatic nitrogens is 2. The molecule has 0 aliphatic rings. The molecule has 1 aromatic heterocycles. The molecule has 0 atom stereocenters. The van der Waals surface area contributed by atoms with Crippen LogP contribution in [0.4, 0.5) is 5.82 Å². The van der Waals surface area contributed by atoms with Gasteiger partial charge in [-0.25, -0.2) is 9.97 Å². The monoisotopic (exact) mass is 241 g/mol. The maximum Gasteiger partial charge on any atom is 0.131 e. The van der Waals surface area contributed by atoms with Gasteiger partial charge in [0.1, 0.15) is 11.6 Å². The second kappa shape index (κ2) is 6.15. The van der Waals surface area contributed by atoms with E-state index in [0.29, 0.717) is 0 Å². The number of hydrogen-bond acceptors (Lipinski definition) is 3. The summed E-state index contributed by atoms with van der Waals surface area (Å²) in [6.07, 6.45) is 3.22. The summed E-state index contributed by atoms with van der Waals surface area (Å²) in [5, 5.41) is 3.10. The van der Waals surface area contributed by atoms with E-state index in [1.807, 2.05) is 31.3 Å². The molecule has 94 valence electrons. The molecule has 0 radical (unpaired) electrons. The second-order valence-corrected chi connectivity index (χ2v) is 4.27. The maximum absolute atomic E-state index is 4.64. The molecular formula is C15H19N3. The number of aryl methyl sites for hydroxylation is 1. The summed E-state index contributed by atoms with van der Waals surface area (Å²) in [5.41, 5.74) is 2.12. The fourth-order valence-electron chi connectivity index (χ4n) is 1.83. The van der Waals surface area contributed by atoms with Crippen molar-refractivity contribution in [3.8, 4) is 11.3 Å². The molecule has 0 aliphatic carbocycles. The fraction of sp³-hybridized carbons (Fsp3) is 0.333. The van der Waals surface area contributed by atoms with Gasteiger partial charge in [-0.2, -0.15) is 0 Å². The zero-order valence-electron chi connectivity index (χ0n) is 11.0. The molecule has 1 N–H and O–H groups in total. The summed E-state index contributed by atoms with van der Waals surface area (Å²) in [5.74, 6) is 1.80. The summed E-state index contributed by atoms with van der Waals surface area (Å²) < 4.78 is 0. The molecule has 1 aromatic carbocycles. The first-order valence-corrected chi connectivity index (χ1v) is 6.44. The summed E-state index contributed by atoms with van der Waals surface area (Å²) in [7, 11) is 1.89. The lowest BCUT2D eigenvalue weighted by molar-refractivity contribution is 0.754. The van der Waals surface area contributed by atoms with Crippen molar-refractivity contribution in [2.45, 2.75) is 26.2 Å². The topological polar surface area (TPSA) is 37.8 Å². The van der Waals surface area contributed by atoms with Crippen LogP contribution in [-0.2, 0) is 6.42 Å². The number of nitrogens with zero attached hydrogens (tertiary/aromatic N) is 2. The van der Waals surface area contributed by atoms with Gasteiger partial charge in [0, 0.05) is 25.1 Å². The Morgan fingerprint density at radius 1 is 1.11 bits per heavy atom. The third-order valence-electron chi connectivity index (χ3n) is 2.85. The Balaban J connectivity index is 2.35. The molecule has 18 heavy (non-hydrogen) atoms. The lowest BCUT2D eigenvalue weighted by Crippen LogP contribution is -2.01. The molecule has 2 rings (SSSR count). The van der Waals surface area contributed by atoms with Crippen molar-refractivity contribution < 1.29 is 0 Å². The molecule has 0 fully saturated rings. The van der Waals surface area contributed by atoms with Crippen molar-refractivity contribution in [2.75, 3.05) is 12.4 Å². The number of benzene rings is 1. The molecule has 0 bridgehead atoms. The normalized spacial score (nSPS) is 10.3. The van der Waals surface area contributed by atoms with Gasteiger partial charge in [0.25, 0.3) is 0 Å². The first kappa shape index (κ1) is 12.6. The Bertz CT molecular complexity index is 494. The van der Waals surface area contributed by atoms with E-state index in [1.165, 1.54) is 0 Å². The lowest BCUT2D eigenvalue weighted by atomic mass is 10.1. The average Bonchev–Trinajstić information content (AvgIpc) is 2.45. The smallest absolute Gasteiger partial charge is 0.131 e. The number of hydrogen-bond donors (Lipinski definition) is 1. The first-order chi connectivity index (χ1) is 8.83. The van der Waals surface area contributed by atoms with Gasteiger partial charge < -0.3 is 5.32 Å². The Morgan fingerprint density at radius 3 is 2.56 bits per heavy atom. The van der Waals surface area contributed by atoms with Crippen LogP contribution < -0.4 is 5.32 Å². The van der Waals surface area contributed by atoms with Gasteiger partial charge in [0.15, 0.2) is 0 Å². The van der Waals surface area contributed by atoms with Gasteiger partial charge >= 0.3 is 0 Å². The van der Waals surface area contributed by atoms with Crippen molar-refractivity contribution >= 4 is 5.82 Å². The van der Waals surface area contributed by atoms with Gasteiger partial charge in [0.2, 0.25) is 0 Å². The molecule has 0 saturated heterocycles. The molecule has 3 heteroatoms. The van der Waals surface area contributed by atoms with Crippen molar-refractivity contribution in [3.63, 3.8) is 0 Å². The second-order valence-electron chi connectivity index (χ2n) is 4.27. The van der Waals surface area contributed by atoms with Crippen LogP contribution in [-0.4, -0.2) is 17.0 Å². The van der Waals surface area contributed by atoms with E-state index in [4.69, 9.17) is 0 Å². The van der Waals surface area contributed by atoms with E-state index in [9.17, 15) is 0 Å². The summed E-state index contributed by atoms with van der Waals surface area (Å²) >= 11 is 0. The van der Waals surface area contributed by atoms with E-state index < -0.39 is 0 Å². The van der Waals surface area contributed by atoms with E-state index in [0.717, 1.165) is 42.2 Å². The zero-order chi connectivity index (χ0) is 12.8. The molecule has 0 spiro atoms. The standard InChI is InChI=1S/C15H19N3/c1-3-4-10-14-17-13(11-15(16-2)18-14)12-8-6-5-7-9-12/h5-9,11H,3-4,10H2,1-2H3,(H,16,17,18). The molecule has 0 amide bonds. The van der Waals surface area contributed by atoms with Crippen molar-refractivity contribution in [2.24, 2.45) is 0 Å². The van der Waals surface area contributed by atoms with Gasteiger partial charge in [-0.3, -0.25) is 0 Å². The van der Waals surface area contributed by atoms with Crippen LogP contribution in [0.3, 0.4) is 0 Å². The molecule has 2 aromatic rings. The highest BCUT2D eigenvalue weighted by Gasteiger charge is 2.05. The highest BCUT2D eigenvalue weighted by molar-refractivity contribution is 5.62. The van der Waals surface area contributed by atoms with E-state index >= 15 is 0 Å². The van der Waals surface area contributed by atoms with Crippen molar-refractivity contribution in [1.29, 1.82) is 0 Å². The predicted octanol–water partition coefficient (Wildman–Crippen LogP) is 3.53. The third-order valence-corrected chi connectivity index (χ3v) is 2.85.